The molecule has 23 heavy (non-hydrogen) atoms. The average molecular weight is 317 g/mol. The zero-order valence-corrected chi connectivity index (χ0v) is 13.3. The molecule has 1 aromatic rings. The lowest BCUT2D eigenvalue weighted by atomic mass is 10.0. The van der Waals surface area contributed by atoms with Crippen molar-refractivity contribution in [3.63, 3.8) is 0 Å². The Kier molecular flexibility index (Phi) is 4.78. The lowest BCUT2D eigenvalue weighted by molar-refractivity contribution is -0.143. The van der Waals surface area contributed by atoms with Crippen molar-refractivity contribution in [2.75, 3.05) is 18.4 Å². The van der Waals surface area contributed by atoms with Crippen LogP contribution in [0.15, 0.2) is 24.3 Å². The molecule has 0 atom stereocenters. The highest BCUT2D eigenvalue weighted by Crippen LogP contribution is 2.17. The van der Waals surface area contributed by atoms with E-state index < -0.39 is 30.3 Å². The summed E-state index contributed by atoms with van der Waals surface area (Å²) in [6.45, 7) is 5.33. The molecule has 0 spiro atoms. The molecule has 1 heterocycles. The molecule has 1 saturated heterocycles. The van der Waals surface area contributed by atoms with Crippen molar-refractivity contribution in [3.8, 4) is 0 Å². The zero-order valence-electron chi connectivity index (χ0n) is 13.3. The second-order valence-corrected chi connectivity index (χ2v) is 5.55. The van der Waals surface area contributed by atoms with Gasteiger partial charge in [-0.2, -0.15) is 0 Å². The molecule has 1 aliphatic heterocycles. The number of carbonyl (C=O) groups excluding carboxylic acids is 4. The third-order valence-electron chi connectivity index (χ3n) is 3.61. The van der Waals surface area contributed by atoms with Crippen LogP contribution >= 0.6 is 0 Å². The van der Waals surface area contributed by atoms with Crippen LogP contribution in [-0.4, -0.2) is 46.6 Å². The number of imide groups is 2. The van der Waals surface area contributed by atoms with Gasteiger partial charge in [-0.05, 0) is 30.5 Å². The number of anilines is 1. The van der Waals surface area contributed by atoms with Crippen LogP contribution in [0, 0.1) is 0 Å². The molecule has 0 radical (unpaired) electrons. The Labute approximate surface area is 134 Å². The molecular weight excluding hydrogens is 298 g/mol. The van der Waals surface area contributed by atoms with Gasteiger partial charge >= 0.3 is 17.8 Å². The van der Waals surface area contributed by atoms with Crippen LogP contribution in [-0.2, 0) is 14.4 Å². The number of rotatable bonds is 5. The highest BCUT2D eigenvalue weighted by molar-refractivity contribution is 6.45. The van der Waals surface area contributed by atoms with E-state index in [0.717, 1.165) is 10.5 Å². The van der Waals surface area contributed by atoms with Crippen LogP contribution in [0.3, 0.4) is 0 Å². The molecule has 1 fully saturated rings. The first-order valence-corrected chi connectivity index (χ1v) is 7.42. The fourth-order valence-electron chi connectivity index (χ4n) is 2.26. The van der Waals surface area contributed by atoms with Gasteiger partial charge in [0.1, 0.15) is 6.54 Å². The number of hydrogen-bond acceptors (Lipinski definition) is 4. The summed E-state index contributed by atoms with van der Waals surface area (Å²) in [5, 5.41) is 2.61. The third-order valence-corrected chi connectivity index (χ3v) is 3.61. The molecule has 1 aromatic carbocycles. The topological polar surface area (TPSA) is 86.8 Å². The monoisotopic (exact) mass is 317 g/mol. The Balaban J connectivity index is 2.01. The van der Waals surface area contributed by atoms with Crippen molar-refractivity contribution in [3.05, 3.63) is 29.8 Å². The van der Waals surface area contributed by atoms with Gasteiger partial charge in [0, 0.05) is 12.2 Å². The maximum atomic E-state index is 12.0. The van der Waals surface area contributed by atoms with E-state index in [2.05, 4.69) is 19.2 Å². The van der Waals surface area contributed by atoms with Gasteiger partial charge in [-0.25, -0.2) is 9.69 Å². The second-order valence-electron chi connectivity index (χ2n) is 5.55. The summed E-state index contributed by atoms with van der Waals surface area (Å²) in [5.74, 6) is -2.02. The van der Waals surface area contributed by atoms with Crippen LogP contribution in [0.5, 0.6) is 0 Å². The molecule has 0 saturated carbocycles. The number of hydrogen-bond donors (Lipinski definition) is 1. The van der Waals surface area contributed by atoms with E-state index in [1.54, 1.807) is 19.1 Å². The maximum Gasteiger partial charge on any atom is 0.334 e. The zero-order chi connectivity index (χ0) is 17.1. The van der Waals surface area contributed by atoms with E-state index in [0.29, 0.717) is 16.5 Å². The predicted octanol–water partition coefficient (Wildman–Crippen LogP) is 1.56. The van der Waals surface area contributed by atoms with E-state index in [1.807, 2.05) is 12.1 Å². The Morgan fingerprint density at radius 3 is 2.09 bits per heavy atom. The normalized spacial score (nSPS) is 14.9. The van der Waals surface area contributed by atoms with Crippen LogP contribution in [0.1, 0.15) is 32.3 Å². The fraction of sp³-hybridized carbons (Fsp3) is 0.375. The minimum atomic E-state index is -0.970. The molecule has 1 aliphatic rings. The maximum absolute atomic E-state index is 12.0. The van der Waals surface area contributed by atoms with Gasteiger partial charge < -0.3 is 5.32 Å². The molecule has 7 heteroatoms. The first-order valence-electron chi connectivity index (χ1n) is 7.42. The minimum absolute atomic E-state index is 0.0954. The minimum Gasteiger partial charge on any atom is -0.325 e. The second kappa shape index (κ2) is 6.60. The highest BCUT2D eigenvalue weighted by Gasteiger charge is 2.44. The summed E-state index contributed by atoms with van der Waals surface area (Å²) in [7, 11) is 0. The van der Waals surface area contributed by atoms with Gasteiger partial charge in [-0.15, -0.1) is 0 Å². The molecule has 0 bridgehead atoms. The van der Waals surface area contributed by atoms with Crippen molar-refractivity contribution < 1.29 is 19.2 Å². The summed E-state index contributed by atoms with van der Waals surface area (Å²) < 4.78 is 0. The number of likely N-dealkylation sites (N-methyl/N-ethyl adjacent to an activating group) is 1. The number of urea groups is 1. The van der Waals surface area contributed by atoms with Crippen LogP contribution in [0.4, 0.5) is 10.5 Å². The number of carbonyl (C=O) groups is 4. The molecule has 0 unspecified atom stereocenters. The Hall–Kier alpha value is -2.70. The molecule has 1 N–H and O–H groups in total. The van der Waals surface area contributed by atoms with Gasteiger partial charge in [0.25, 0.3) is 0 Å². The van der Waals surface area contributed by atoms with Crippen molar-refractivity contribution in [2.45, 2.75) is 26.7 Å². The molecule has 0 aliphatic carbocycles. The first kappa shape index (κ1) is 16.7. The van der Waals surface area contributed by atoms with Crippen molar-refractivity contribution in [1.82, 2.24) is 9.80 Å². The SMILES string of the molecule is CCN1C(=O)C(=O)N(CC(=O)Nc2ccc(C(C)C)cc2)C1=O. The van der Waals surface area contributed by atoms with Gasteiger partial charge in [0.15, 0.2) is 0 Å². The third kappa shape index (κ3) is 3.39. The number of nitrogens with one attached hydrogen (secondary N) is 1. The highest BCUT2D eigenvalue weighted by atomic mass is 16.2. The Bertz CT molecular complexity index is 652. The number of amides is 5. The molecule has 0 aromatic heterocycles. The molecule has 5 amide bonds. The van der Waals surface area contributed by atoms with E-state index in [1.165, 1.54) is 0 Å². The standard InChI is InChI=1S/C16H19N3O4/c1-4-18-14(21)15(22)19(16(18)23)9-13(20)17-12-7-5-11(6-8-12)10(2)3/h5-8,10H,4,9H2,1-3H3,(H,17,20). The van der Waals surface area contributed by atoms with Gasteiger partial charge in [0.2, 0.25) is 5.91 Å². The van der Waals surface area contributed by atoms with Crippen LogP contribution in [0.2, 0.25) is 0 Å². The fourth-order valence-corrected chi connectivity index (χ4v) is 2.26. The van der Waals surface area contributed by atoms with E-state index in [9.17, 15) is 19.2 Å². The first-order chi connectivity index (χ1) is 10.8. The number of nitrogens with zero attached hydrogens (tertiary/aromatic N) is 2. The molecule has 2 rings (SSSR count). The quantitative estimate of drug-likeness (QED) is 0.659. The van der Waals surface area contributed by atoms with Gasteiger partial charge in [-0.1, -0.05) is 26.0 Å². The Morgan fingerprint density at radius 1 is 1.04 bits per heavy atom. The summed E-state index contributed by atoms with van der Waals surface area (Å²) in [4.78, 5) is 48.7. The lowest BCUT2D eigenvalue weighted by Crippen LogP contribution is -2.38. The summed E-state index contributed by atoms with van der Waals surface area (Å²) in [6.07, 6.45) is 0. The molecular formula is C16H19N3O4. The van der Waals surface area contributed by atoms with Crippen molar-refractivity contribution in [1.29, 1.82) is 0 Å². The Morgan fingerprint density at radius 2 is 1.61 bits per heavy atom. The van der Waals surface area contributed by atoms with Gasteiger partial charge in [0.05, 0.1) is 0 Å². The van der Waals surface area contributed by atoms with Gasteiger partial charge in [-0.3, -0.25) is 19.3 Å². The predicted molar refractivity (Wildman–Crippen MR) is 83.7 cm³/mol. The number of benzene rings is 1. The van der Waals surface area contributed by atoms with Crippen molar-refractivity contribution >= 4 is 29.4 Å². The van der Waals surface area contributed by atoms with Crippen LogP contribution in [0.25, 0.3) is 0 Å². The summed E-state index contributed by atoms with van der Waals surface area (Å²) in [6, 6.07) is 6.55. The summed E-state index contributed by atoms with van der Waals surface area (Å²) >= 11 is 0. The van der Waals surface area contributed by atoms with E-state index >= 15 is 0 Å². The lowest BCUT2D eigenvalue weighted by Gasteiger charge is -2.14. The average Bonchev–Trinajstić information content (AvgIpc) is 2.71. The van der Waals surface area contributed by atoms with E-state index in [-0.39, 0.29) is 6.54 Å². The van der Waals surface area contributed by atoms with Crippen LogP contribution < -0.4 is 5.32 Å². The summed E-state index contributed by atoms with van der Waals surface area (Å²) in [5.41, 5.74) is 1.70. The largest absolute Gasteiger partial charge is 0.334 e. The van der Waals surface area contributed by atoms with Crippen molar-refractivity contribution in [2.24, 2.45) is 0 Å². The molecule has 7 nitrogen and oxygen atoms in total. The van der Waals surface area contributed by atoms with E-state index in [4.69, 9.17) is 0 Å². The molecule has 122 valence electrons. The smallest absolute Gasteiger partial charge is 0.325 e.